The Kier molecular flexibility index (Phi) is 1.43. The van der Waals surface area contributed by atoms with Crippen molar-refractivity contribution in [3.63, 3.8) is 0 Å². The molecule has 0 aliphatic heterocycles. The minimum atomic E-state index is 0.539. The van der Waals surface area contributed by atoms with Gasteiger partial charge in [0, 0.05) is 7.05 Å². The van der Waals surface area contributed by atoms with Gasteiger partial charge >= 0.3 is 0 Å². The third kappa shape index (κ3) is 0.931. The molecular weight excluding hydrogens is 196 g/mol. The van der Waals surface area contributed by atoms with Gasteiger partial charge in [0.2, 0.25) is 0 Å². The molecule has 3 aromatic rings. The number of rotatable bonds is 1. The van der Waals surface area contributed by atoms with Crippen molar-refractivity contribution in [1.82, 2.24) is 29.6 Å². The van der Waals surface area contributed by atoms with Gasteiger partial charge in [0.05, 0.1) is 11.6 Å². The molecule has 0 aliphatic rings. The molecule has 0 spiro atoms. The Hall–Kier alpha value is -2.22. The van der Waals surface area contributed by atoms with Crippen LogP contribution in [0.15, 0.2) is 12.5 Å². The van der Waals surface area contributed by atoms with Crippen molar-refractivity contribution < 1.29 is 0 Å². The highest BCUT2D eigenvalue weighted by Crippen LogP contribution is 2.22. The molecule has 0 aliphatic carbocycles. The molecule has 3 aromatic heterocycles. The molecule has 3 N–H and O–H groups in total. The Morgan fingerprint density at radius 1 is 1.47 bits per heavy atom. The number of aryl methyl sites for hydroxylation is 1. The molecule has 0 atom stereocenters. The first kappa shape index (κ1) is 8.12. The summed E-state index contributed by atoms with van der Waals surface area (Å²) in [7, 11) is 1.82. The standard InChI is InChI=1S/C7H8N8/c1-14-5-4(2-10-14)7-12-9-3-15(7)13-6(5)11-8/h2-3H,8H2,1H3,(H,11,13). The Bertz CT molecular complexity index is 635. The number of hydrogen-bond donors (Lipinski definition) is 2. The topological polar surface area (TPSA) is 99.0 Å². The van der Waals surface area contributed by atoms with Gasteiger partial charge in [-0.15, -0.1) is 15.3 Å². The van der Waals surface area contributed by atoms with E-state index in [1.807, 2.05) is 7.05 Å². The maximum Gasteiger partial charge on any atom is 0.188 e. The second-order valence-corrected chi connectivity index (χ2v) is 3.12. The van der Waals surface area contributed by atoms with Gasteiger partial charge in [-0.25, -0.2) is 5.84 Å². The van der Waals surface area contributed by atoms with Crippen molar-refractivity contribution in [3.8, 4) is 0 Å². The lowest BCUT2D eigenvalue weighted by Crippen LogP contribution is -2.12. The third-order valence-corrected chi connectivity index (χ3v) is 2.28. The fourth-order valence-corrected chi connectivity index (χ4v) is 1.61. The van der Waals surface area contributed by atoms with Crippen LogP contribution in [0.2, 0.25) is 0 Å². The number of nitrogens with zero attached hydrogens (tertiary/aromatic N) is 6. The number of hydrazine groups is 1. The number of anilines is 1. The van der Waals surface area contributed by atoms with E-state index in [4.69, 9.17) is 5.84 Å². The minimum Gasteiger partial charge on any atom is -0.305 e. The zero-order chi connectivity index (χ0) is 10.4. The van der Waals surface area contributed by atoms with E-state index in [1.165, 1.54) is 6.33 Å². The van der Waals surface area contributed by atoms with Gasteiger partial charge in [0.15, 0.2) is 11.5 Å². The van der Waals surface area contributed by atoms with Crippen molar-refractivity contribution >= 4 is 22.4 Å². The van der Waals surface area contributed by atoms with Crippen molar-refractivity contribution in [2.24, 2.45) is 12.9 Å². The molecule has 0 bridgehead atoms. The lowest BCUT2D eigenvalue weighted by Gasteiger charge is -2.03. The second kappa shape index (κ2) is 2.64. The molecule has 8 heteroatoms. The summed E-state index contributed by atoms with van der Waals surface area (Å²) in [5.74, 6) is 5.94. The number of nitrogens with one attached hydrogen (secondary N) is 1. The fraction of sp³-hybridized carbons (Fsp3) is 0.143. The largest absolute Gasteiger partial charge is 0.305 e. The maximum atomic E-state index is 5.40. The normalized spacial score (nSPS) is 11.3. The molecular formula is C7H8N8. The van der Waals surface area contributed by atoms with Crippen molar-refractivity contribution in [2.75, 3.05) is 5.43 Å². The van der Waals surface area contributed by atoms with Crippen LogP contribution in [0, 0.1) is 0 Å². The predicted octanol–water partition coefficient (Wildman–Crippen LogP) is -0.703. The molecule has 76 valence electrons. The Morgan fingerprint density at radius 3 is 3.13 bits per heavy atom. The minimum absolute atomic E-state index is 0.539. The van der Waals surface area contributed by atoms with Crippen LogP contribution < -0.4 is 11.3 Å². The number of nitrogens with two attached hydrogens (primary N) is 1. The first-order valence-electron chi connectivity index (χ1n) is 4.29. The zero-order valence-corrected chi connectivity index (χ0v) is 7.92. The van der Waals surface area contributed by atoms with Gasteiger partial charge in [-0.05, 0) is 0 Å². The third-order valence-electron chi connectivity index (χ3n) is 2.28. The number of aromatic nitrogens is 6. The molecule has 3 heterocycles. The van der Waals surface area contributed by atoms with E-state index in [1.54, 1.807) is 15.4 Å². The number of hydrogen-bond acceptors (Lipinski definition) is 6. The average Bonchev–Trinajstić information content (AvgIpc) is 2.83. The summed E-state index contributed by atoms with van der Waals surface area (Å²) in [4.78, 5) is 0. The summed E-state index contributed by atoms with van der Waals surface area (Å²) in [5, 5.41) is 16.9. The summed E-state index contributed by atoms with van der Waals surface area (Å²) in [6.07, 6.45) is 3.23. The molecule has 8 nitrogen and oxygen atoms in total. The quantitative estimate of drug-likeness (QED) is 0.401. The second-order valence-electron chi connectivity index (χ2n) is 3.12. The van der Waals surface area contributed by atoms with Crippen molar-refractivity contribution in [1.29, 1.82) is 0 Å². The van der Waals surface area contributed by atoms with Gasteiger partial charge in [-0.1, -0.05) is 0 Å². The van der Waals surface area contributed by atoms with E-state index in [0.717, 1.165) is 10.9 Å². The van der Waals surface area contributed by atoms with Crippen LogP contribution >= 0.6 is 0 Å². The number of nitrogen functional groups attached to an aromatic ring is 1. The molecule has 0 saturated heterocycles. The highest BCUT2D eigenvalue weighted by atomic mass is 15.4. The van der Waals surface area contributed by atoms with E-state index in [0.29, 0.717) is 11.5 Å². The van der Waals surface area contributed by atoms with Crippen LogP contribution in [0.25, 0.3) is 16.6 Å². The zero-order valence-electron chi connectivity index (χ0n) is 7.92. The predicted molar refractivity (Wildman–Crippen MR) is 52.9 cm³/mol. The first-order chi connectivity index (χ1) is 7.31. The molecule has 0 saturated carbocycles. The van der Waals surface area contributed by atoms with Crippen LogP contribution in [0.1, 0.15) is 0 Å². The SMILES string of the molecule is Cn1ncc2c1c(NN)nn1cnnc21. The van der Waals surface area contributed by atoms with Gasteiger partial charge in [-0.2, -0.15) is 9.61 Å². The Labute approximate surface area is 83.7 Å². The van der Waals surface area contributed by atoms with Crippen LogP contribution in [0.3, 0.4) is 0 Å². The summed E-state index contributed by atoms with van der Waals surface area (Å²) >= 11 is 0. The first-order valence-corrected chi connectivity index (χ1v) is 4.29. The van der Waals surface area contributed by atoms with Crippen molar-refractivity contribution in [3.05, 3.63) is 12.5 Å². The fourth-order valence-electron chi connectivity index (χ4n) is 1.61. The average molecular weight is 204 g/mol. The molecule has 3 rings (SSSR count). The van der Waals surface area contributed by atoms with E-state index >= 15 is 0 Å². The summed E-state index contributed by atoms with van der Waals surface area (Å²) in [6, 6.07) is 0. The monoisotopic (exact) mass is 204 g/mol. The van der Waals surface area contributed by atoms with E-state index in [2.05, 4.69) is 25.8 Å². The highest BCUT2D eigenvalue weighted by molar-refractivity contribution is 5.97. The van der Waals surface area contributed by atoms with E-state index in [-0.39, 0.29) is 0 Å². The Balaban J connectivity index is 2.60. The van der Waals surface area contributed by atoms with E-state index < -0.39 is 0 Å². The maximum absolute atomic E-state index is 5.40. The molecule has 15 heavy (non-hydrogen) atoms. The smallest absolute Gasteiger partial charge is 0.188 e. The lowest BCUT2D eigenvalue weighted by molar-refractivity contribution is 0.793. The van der Waals surface area contributed by atoms with Gasteiger partial charge in [-0.3, -0.25) is 4.68 Å². The lowest BCUT2D eigenvalue weighted by atomic mass is 10.3. The van der Waals surface area contributed by atoms with Gasteiger partial charge < -0.3 is 5.43 Å². The summed E-state index contributed by atoms with van der Waals surface area (Å²) < 4.78 is 3.24. The number of fused-ring (bicyclic) bond motifs is 3. The molecule has 0 fully saturated rings. The van der Waals surface area contributed by atoms with Crippen molar-refractivity contribution in [2.45, 2.75) is 0 Å². The van der Waals surface area contributed by atoms with Crippen LogP contribution in [0.4, 0.5) is 5.82 Å². The van der Waals surface area contributed by atoms with Crippen LogP contribution in [-0.4, -0.2) is 29.6 Å². The van der Waals surface area contributed by atoms with Crippen LogP contribution in [0.5, 0.6) is 0 Å². The summed E-state index contributed by atoms with van der Waals surface area (Å²) in [5.41, 5.74) is 4.00. The molecule has 0 radical (unpaired) electrons. The molecule has 0 amide bonds. The van der Waals surface area contributed by atoms with Gasteiger partial charge in [0.25, 0.3) is 0 Å². The molecule has 0 aromatic carbocycles. The summed E-state index contributed by atoms with van der Waals surface area (Å²) in [6.45, 7) is 0. The van der Waals surface area contributed by atoms with E-state index in [9.17, 15) is 0 Å². The van der Waals surface area contributed by atoms with Crippen LogP contribution in [-0.2, 0) is 7.05 Å². The molecule has 0 unspecified atom stereocenters. The highest BCUT2D eigenvalue weighted by Gasteiger charge is 2.12. The van der Waals surface area contributed by atoms with Gasteiger partial charge in [0.1, 0.15) is 11.8 Å². The Morgan fingerprint density at radius 2 is 2.33 bits per heavy atom.